The van der Waals surface area contributed by atoms with Crippen molar-refractivity contribution in [1.29, 1.82) is 0 Å². The molecule has 0 bridgehead atoms. The summed E-state index contributed by atoms with van der Waals surface area (Å²) in [6.07, 6.45) is 2.70. The molecule has 0 unspecified atom stereocenters. The Labute approximate surface area is 201 Å². The van der Waals surface area contributed by atoms with E-state index in [2.05, 4.69) is 10.4 Å². The summed E-state index contributed by atoms with van der Waals surface area (Å²) in [5, 5.41) is 14.5. The molecule has 0 radical (unpaired) electrons. The van der Waals surface area contributed by atoms with Gasteiger partial charge in [0.2, 0.25) is 5.91 Å². The van der Waals surface area contributed by atoms with Crippen LogP contribution in [0.25, 0.3) is 0 Å². The summed E-state index contributed by atoms with van der Waals surface area (Å²) in [5.41, 5.74) is 2.96. The van der Waals surface area contributed by atoms with Crippen molar-refractivity contribution in [2.45, 2.75) is 36.6 Å². The molecule has 3 aromatic rings. The van der Waals surface area contributed by atoms with Crippen LogP contribution in [-0.2, 0) is 22.1 Å². The molecule has 1 aliphatic carbocycles. The van der Waals surface area contributed by atoms with Crippen LogP contribution in [0.15, 0.2) is 54.6 Å². The predicted octanol–water partition coefficient (Wildman–Crippen LogP) is 3.61. The number of anilines is 1. The molecule has 9 heteroatoms. The number of nitrogens with one attached hydrogen (secondary N) is 1. The Kier molecular flexibility index (Phi) is 5.62. The quantitative estimate of drug-likeness (QED) is 0.562. The fourth-order valence-corrected chi connectivity index (χ4v) is 5.43. The lowest BCUT2D eigenvalue weighted by molar-refractivity contribution is -0.123. The molecule has 2 fully saturated rings. The van der Waals surface area contributed by atoms with Crippen LogP contribution in [-0.4, -0.2) is 44.6 Å². The van der Waals surface area contributed by atoms with Crippen molar-refractivity contribution in [3.63, 3.8) is 0 Å². The summed E-state index contributed by atoms with van der Waals surface area (Å²) >= 11 is 0. The molecular weight excluding hydrogens is 451 g/mol. The van der Waals surface area contributed by atoms with E-state index in [1.54, 1.807) is 28.8 Å². The number of aryl methyl sites for hydroxylation is 1. The van der Waals surface area contributed by atoms with Gasteiger partial charge in [-0.3, -0.25) is 19.1 Å². The van der Waals surface area contributed by atoms with Crippen molar-refractivity contribution in [1.82, 2.24) is 14.7 Å². The Morgan fingerprint density at radius 1 is 1.20 bits per heavy atom. The van der Waals surface area contributed by atoms with Gasteiger partial charge in [0, 0.05) is 25.2 Å². The van der Waals surface area contributed by atoms with Crippen LogP contribution < -0.4 is 5.32 Å². The van der Waals surface area contributed by atoms with Crippen molar-refractivity contribution in [3.8, 4) is 0 Å². The lowest BCUT2D eigenvalue weighted by Crippen LogP contribution is -2.43. The van der Waals surface area contributed by atoms with Crippen molar-refractivity contribution in [2.24, 2.45) is 7.05 Å². The fraction of sp³-hybridized carbons (Fsp3) is 0.308. The minimum atomic E-state index is -0.915. The van der Waals surface area contributed by atoms with Gasteiger partial charge in [0.15, 0.2) is 0 Å². The number of likely N-dealkylation sites (tertiary alicyclic amines) is 1. The van der Waals surface area contributed by atoms with Gasteiger partial charge in [0.25, 0.3) is 12.4 Å². The largest absolute Gasteiger partial charge is 0.483 e. The number of amides is 2. The Bertz CT molecular complexity index is 1300. The zero-order chi connectivity index (χ0) is 24.7. The molecule has 1 spiro atoms. The van der Waals surface area contributed by atoms with Gasteiger partial charge >= 0.3 is 0 Å². The highest BCUT2D eigenvalue weighted by Crippen LogP contribution is 2.55. The standard InChI is InChI=1S/C25H23FN4O2.CH2O2/c1-29-21(14-20(28-29)15-6-7-15)23(31)30-13-12-25(22(30)16-8-10-17(26)11-9-16)18-4-2-3-5-19(18)27-24(25)32;2-1-3/h2-5,8-11,14-15,22H,6-7,12-13H2,1H3,(H,27,32);1H,(H,2,3)/t22-,25+;/m0./s1. The number of para-hydroxylation sites is 1. The van der Waals surface area contributed by atoms with E-state index in [0.717, 1.165) is 35.3 Å². The molecule has 1 saturated heterocycles. The molecule has 3 heterocycles. The number of rotatable bonds is 3. The number of halogens is 1. The first-order chi connectivity index (χ1) is 16.9. The normalized spacial score (nSPS) is 22.4. The van der Waals surface area contributed by atoms with Crippen molar-refractivity contribution >= 4 is 24.0 Å². The first-order valence-electron chi connectivity index (χ1n) is 11.5. The second-order valence-corrected chi connectivity index (χ2v) is 9.13. The lowest BCUT2D eigenvalue weighted by atomic mass is 9.72. The Balaban J connectivity index is 0.000000806. The molecule has 2 aliphatic heterocycles. The number of carbonyl (C=O) groups excluding carboxylic acids is 2. The number of aromatic nitrogens is 2. The number of hydrogen-bond donors (Lipinski definition) is 2. The Morgan fingerprint density at radius 3 is 2.57 bits per heavy atom. The van der Waals surface area contributed by atoms with E-state index < -0.39 is 11.5 Å². The zero-order valence-electron chi connectivity index (χ0n) is 19.1. The maximum absolute atomic E-state index is 13.8. The van der Waals surface area contributed by atoms with Gasteiger partial charge in [-0.25, -0.2) is 4.39 Å². The van der Waals surface area contributed by atoms with E-state index in [1.165, 1.54) is 12.1 Å². The lowest BCUT2D eigenvalue weighted by Gasteiger charge is -2.34. The van der Waals surface area contributed by atoms with E-state index in [1.807, 2.05) is 30.3 Å². The fourth-order valence-electron chi connectivity index (χ4n) is 5.43. The summed E-state index contributed by atoms with van der Waals surface area (Å²) < 4.78 is 15.4. The first-order valence-corrected chi connectivity index (χ1v) is 11.5. The van der Waals surface area contributed by atoms with Gasteiger partial charge in [0.1, 0.15) is 16.9 Å². The average Bonchev–Trinajstić information content (AvgIpc) is 3.42. The summed E-state index contributed by atoms with van der Waals surface area (Å²) in [6.45, 7) is 0.173. The third kappa shape index (κ3) is 3.67. The van der Waals surface area contributed by atoms with E-state index in [0.29, 0.717) is 24.6 Å². The minimum absolute atomic E-state index is 0.119. The van der Waals surface area contributed by atoms with Gasteiger partial charge < -0.3 is 15.3 Å². The topological polar surface area (TPSA) is 105 Å². The number of carboxylic acid groups (broad SMARTS) is 1. The number of nitrogens with zero attached hydrogens (tertiary/aromatic N) is 3. The van der Waals surface area contributed by atoms with Crippen LogP contribution in [0.5, 0.6) is 0 Å². The summed E-state index contributed by atoms with van der Waals surface area (Å²) in [6, 6.07) is 15.1. The molecule has 3 aliphatic rings. The second-order valence-electron chi connectivity index (χ2n) is 9.13. The molecule has 6 rings (SSSR count). The van der Waals surface area contributed by atoms with Crippen LogP contribution in [0.3, 0.4) is 0 Å². The van der Waals surface area contributed by atoms with Crippen LogP contribution in [0.4, 0.5) is 10.1 Å². The smallest absolute Gasteiger partial charge is 0.290 e. The highest BCUT2D eigenvalue weighted by Gasteiger charge is 2.59. The minimum Gasteiger partial charge on any atom is -0.483 e. The monoisotopic (exact) mass is 476 g/mol. The van der Waals surface area contributed by atoms with Crippen molar-refractivity contribution in [2.75, 3.05) is 11.9 Å². The molecule has 8 nitrogen and oxygen atoms in total. The molecule has 180 valence electrons. The number of fused-ring (bicyclic) bond motifs is 2. The van der Waals surface area contributed by atoms with Crippen molar-refractivity contribution < 1.29 is 23.9 Å². The Hall–Kier alpha value is -4.01. The molecule has 2 amide bonds. The van der Waals surface area contributed by atoms with Gasteiger partial charge in [-0.1, -0.05) is 30.3 Å². The van der Waals surface area contributed by atoms with Gasteiger partial charge in [-0.2, -0.15) is 5.10 Å². The van der Waals surface area contributed by atoms with Gasteiger partial charge in [-0.05, 0) is 54.7 Å². The summed E-state index contributed by atoms with van der Waals surface area (Å²) in [4.78, 5) is 37.4. The molecule has 2 N–H and O–H groups in total. The zero-order valence-corrected chi connectivity index (χ0v) is 19.1. The van der Waals surface area contributed by atoms with Crippen LogP contribution in [0, 0.1) is 5.82 Å². The predicted molar refractivity (Wildman–Crippen MR) is 125 cm³/mol. The SMILES string of the molecule is Cn1nc(C2CC2)cc1C(=O)N1CC[C@]2(C(=O)Nc3ccccc32)[C@@H]1c1ccc(F)cc1.O=CO. The number of carbonyl (C=O) groups is 3. The summed E-state index contributed by atoms with van der Waals surface area (Å²) in [7, 11) is 1.79. The highest BCUT2D eigenvalue weighted by atomic mass is 19.1. The van der Waals surface area contributed by atoms with Gasteiger partial charge in [0.05, 0.1) is 11.7 Å². The van der Waals surface area contributed by atoms with E-state index in [9.17, 15) is 14.0 Å². The molecule has 1 saturated carbocycles. The van der Waals surface area contributed by atoms with E-state index in [-0.39, 0.29) is 24.1 Å². The van der Waals surface area contributed by atoms with Crippen LogP contribution in [0.2, 0.25) is 0 Å². The number of benzene rings is 2. The summed E-state index contributed by atoms with van der Waals surface area (Å²) in [5.74, 6) is -0.189. The third-order valence-corrected chi connectivity index (χ3v) is 7.15. The first kappa shape index (κ1) is 22.8. The molecular formula is C26H25FN4O4. The van der Waals surface area contributed by atoms with E-state index in [4.69, 9.17) is 9.90 Å². The second kappa shape index (κ2) is 8.65. The maximum atomic E-state index is 13.8. The number of hydrogen-bond acceptors (Lipinski definition) is 4. The van der Waals surface area contributed by atoms with Gasteiger partial charge in [-0.15, -0.1) is 0 Å². The highest BCUT2D eigenvalue weighted by molar-refractivity contribution is 6.08. The average molecular weight is 477 g/mol. The molecule has 2 aromatic carbocycles. The maximum Gasteiger partial charge on any atom is 0.290 e. The Morgan fingerprint density at radius 2 is 1.89 bits per heavy atom. The van der Waals surface area contributed by atoms with Crippen LogP contribution >= 0.6 is 0 Å². The molecule has 35 heavy (non-hydrogen) atoms. The van der Waals surface area contributed by atoms with Crippen molar-refractivity contribution in [3.05, 3.63) is 82.9 Å². The molecule has 2 atom stereocenters. The molecule has 1 aromatic heterocycles. The van der Waals surface area contributed by atoms with Crippen LogP contribution in [0.1, 0.15) is 58.5 Å². The third-order valence-electron chi connectivity index (χ3n) is 7.15. The van der Waals surface area contributed by atoms with E-state index >= 15 is 0 Å².